The van der Waals surface area contributed by atoms with Crippen LogP contribution in [0.1, 0.15) is 21.5 Å². The molecule has 1 saturated heterocycles. The molecule has 1 heterocycles. The lowest BCUT2D eigenvalue weighted by Gasteiger charge is -2.12. The molecule has 32 heavy (non-hydrogen) atoms. The van der Waals surface area contributed by atoms with Gasteiger partial charge in [0.2, 0.25) is 0 Å². The Labute approximate surface area is 207 Å². The van der Waals surface area contributed by atoms with Crippen LogP contribution in [0.15, 0.2) is 77.7 Å². The van der Waals surface area contributed by atoms with Crippen molar-refractivity contribution in [2.75, 3.05) is 0 Å². The highest BCUT2D eigenvalue weighted by Gasteiger charge is 2.35. The Morgan fingerprint density at radius 2 is 1.78 bits per heavy atom. The molecular formula is C24H15ClINO4S. The van der Waals surface area contributed by atoms with E-state index in [-0.39, 0.29) is 17.7 Å². The third-order valence-electron chi connectivity index (χ3n) is 4.59. The Balaban J connectivity index is 1.49. The number of rotatable bonds is 5. The zero-order chi connectivity index (χ0) is 22.7. The van der Waals surface area contributed by atoms with Crippen molar-refractivity contribution in [3.8, 4) is 5.75 Å². The zero-order valence-electron chi connectivity index (χ0n) is 16.5. The lowest BCUT2D eigenvalue weighted by Crippen LogP contribution is -2.27. The summed E-state index contributed by atoms with van der Waals surface area (Å²) in [6, 6.07) is 21.0. The predicted molar refractivity (Wildman–Crippen MR) is 134 cm³/mol. The van der Waals surface area contributed by atoms with Crippen molar-refractivity contribution in [1.82, 2.24) is 4.90 Å². The van der Waals surface area contributed by atoms with Gasteiger partial charge in [-0.2, -0.15) is 0 Å². The molecule has 3 aromatic carbocycles. The van der Waals surface area contributed by atoms with E-state index in [1.807, 2.05) is 12.1 Å². The summed E-state index contributed by atoms with van der Waals surface area (Å²) < 4.78 is 6.28. The van der Waals surface area contributed by atoms with E-state index in [2.05, 4.69) is 22.6 Å². The average Bonchev–Trinajstić information content (AvgIpc) is 3.03. The molecular weight excluding hydrogens is 561 g/mol. The van der Waals surface area contributed by atoms with Crippen molar-refractivity contribution >= 4 is 69.1 Å². The molecule has 0 aliphatic carbocycles. The zero-order valence-corrected chi connectivity index (χ0v) is 20.2. The van der Waals surface area contributed by atoms with E-state index >= 15 is 0 Å². The molecule has 1 aliphatic heterocycles. The number of thioether (sulfide) groups is 1. The first-order valence-electron chi connectivity index (χ1n) is 9.47. The van der Waals surface area contributed by atoms with Crippen LogP contribution in [0.3, 0.4) is 0 Å². The number of nitrogens with zero attached hydrogens (tertiary/aromatic N) is 1. The van der Waals surface area contributed by atoms with Crippen LogP contribution >= 0.6 is 46.0 Å². The molecule has 0 bridgehead atoms. The number of ether oxygens (including phenoxy) is 1. The second kappa shape index (κ2) is 9.89. The summed E-state index contributed by atoms with van der Waals surface area (Å²) in [5, 5.41) is 0.253. The fourth-order valence-corrected chi connectivity index (χ4v) is 4.59. The van der Waals surface area contributed by atoms with Gasteiger partial charge in [-0.1, -0.05) is 48.0 Å². The van der Waals surface area contributed by atoms with Crippen molar-refractivity contribution in [3.05, 3.63) is 103 Å². The number of carbonyl (C=O) groups is 3. The molecule has 3 aromatic rings. The van der Waals surface area contributed by atoms with Crippen LogP contribution in [0.2, 0.25) is 5.02 Å². The second-order valence-electron chi connectivity index (χ2n) is 6.84. The van der Waals surface area contributed by atoms with Gasteiger partial charge >= 0.3 is 5.97 Å². The minimum atomic E-state index is -0.463. The molecule has 4 rings (SSSR count). The van der Waals surface area contributed by atoms with E-state index in [1.54, 1.807) is 66.7 Å². The normalized spacial score (nSPS) is 14.8. The highest BCUT2D eigenvalue weighted by atomic mass is 127. The summed E-state index contributed by atoms with van der Waals surface area (Å²) in [6.07, 6.45) is 1.62. The monoisotopic (exact) mass is 575 g/mol. The molecule has 1 fully saturated rings. The Morgan fingerprint density at radius 1 is 1.03 bits per heavy atom. The highest BCUT2D eigenvalue weighted by Crippen LogP contribution is 2.34. The van der Waals surface area contributed by atoms with E-state index in [9.17, 15) is 14.4 Å². The molecule has 0 atom stereocenters. The SMILES string of the molecule is O=C(Oc1cccc(/C=C2\SC(=O)N(Cc3ccc(Cl)cc3)C2=O)c1)c1ccccc1I. The van der Waals surface area contributed by atoms with Gasteiger partial charge in [0, 0.05) is 8.59 Å². The smallest absolute Gasteiger partial charge is 0.344 e. The first-order valence-corrected chi connectivity index (χ1v) is 11.7. The second-order valence-corrected chi connectivity index (χ2v) is 9.43. The van der Waals surface area contributed by atoms with Crippen molar-refractivity contribution in [2.24, 2.45) is 0 Å². The first kappa shape index (κ1) is 22.6. The van der Waals surface area contributed by atoms with E-state index in [0.717, 1.165) is 20.9 Å². The van der Waals surface area contributed by atoms with Crippen LogP contribution in [0.5, 0.6) is 5.75 Å². The first-order chi connectivity index (χ1) is 15.4. The molecule has 0 radical (unpaired) electrons. The van der Waals surface area contributed by atoms with Gasteiger partial charge in [-0.05, 0) is 88.0 Å². The van der Waals surface area contributed by atoms with Crippen LogP contribution in [0, 0.1) is 3.57 Å². The third kappa shape index (κ3) is 5.23. The molecule has 5 nitrogen and oxygen atoms in total. The van der Waals surface area contributed by atoms with Crippen LogP contribution in [0.25, 0.3) is 6.08 Å². The largest absolute Gasteiger partial charge is 0.423 e. The predicted octanol–water partition coefficient (Wildman–Crippen LogP) is 6.40. The Bertz CT molecular complexity index is 1240. The lowest BCUT2D eigenvalue weighted by molar-refractivity contribution is -0.123. The van der Waals surface area contributed by atoms with Gasteiger partial charge < -0.3 is 4.74 Å². The molecule has 0 unspecified atom stereocenters. The lowest BCUT2D eigenvalue weighted by atomic mass is 10.2. The fraction of sp³-hybridized carbons (Fsp3) is 0.0417. The average molecular weight is 576 g/mol. The van der Waals surface area contributed by atoms with Crippen LogP contribution < -0.4 is 4.74 Å². The van der Waals surface area contributed by atoms with Crippen molar-refractivity contribution in [1.29, 1.82) is 0 Å². The summed E-state index contributed by atoms with van der Waals surface area (Å²) in [6.45, 7) is 0.173. The van der Waals surface area contributed by atoms with Crippen LogP contribution in [0.4, 0.5) is 4.79 Å². The van der Waals surface area contributed by atoms with Crippen LogP contribution in [-0.2, 0) is 11.3 Å². The number of carbonyl (C=O) groups excluding carboxylic acids is 3. The van der Waals surface area contributed by atoms with Gasteiger partial charge in [0.15, 0.2) is 0 Å². The van der Waals surface area contributed by atoms with E-state index in [4.69, 9.17) is 16.3 Å². The summed E-state index contributed by atoms with van der Waals surface area (Å²) in [4.78, 5) is 39.1. The van der Waals surface area contributed by atoms with Crippen LogP contribution in [-0.4, -0.2) is 22.0 Å². The molecule has 0 saturated carbocycles. The van der Waals surface area contributed by atoms with Gasteiger partial charge in [0.1, 0.15) is 5.75 Å². The number of halogens is 2. The number of benzene rings is 3. The van der Waals surface area contributed by atoms with Crippen molar-refractivity contribution in [3.63, 3.8) is 0 Å². The molecule has 0 aromatic heterocycles. The standard InChI is InChI=1S/C24H15ClINO4S/c25-17-10-8-15(9-11-17)14-27-22(28)21(32-24(27)30)13-16-4-3-5-18(12-16)31-23(29)19-6-1-2-7-20(19)26/h1-13H,14H2/b21-13-. The van der Waals surface area contributed by atoms with Gasteiger partial charge in [-0.15, -0.1) is 0 Å². The highest BCUT2D eigenvalue weighted by molar-refractivity contribution is 14.1. The number of esters is 1. The number of hydrogen-bond acceptors (Lipinski definition) is 5. The van der Waals surface area contributed by atoms with Gasteiger partial charge in [0.25, 0.3) is 11.1 Å². The maximum atomic E-state index is 12.8. The Morgan fingerprint density at radius 3 is 2.53 bits per heavy atom. The maximum Gasteiger partial charge on any atom is 0.344 e. The number of imide groups is 1. The summed E-state index contributed by atoms with van der Waals surface area (Å²) in [5.74, 6) is -0.476. The number of hydrogen-bond donors (Lipinski definition) is 0. The van der Waals surface area contributed by atoms with E-state index in [1.165, 1.54) is 4.90 Å². The maximum absolute atomic E-state index is 12.8. The topological polar surface area (TPSA) is 63.7 Å². The Kier molecular flexibility index (Phi) is 6.98. The van der Waals surface area contributed by atoms with E-state index in [0.29, 0.717) is 26.8 Å². The number of amides is 2. The molecule has 0 N–H and O–H groups in total. The molecule has 1 aliphatic rings. The molecule has 0 spiro atoms. The minimum absolute atomic E-state index is 0.173. The molecule has 8 heteroatoms. The Hall–Kier alpha value is -2.62. The summed E-state index contributed by atoms with van der Waals surface area (Å²) in [5.41, 5.74) is 1.93. The summed E-state index contributed by atoms with van der Waals surface area (Å²) >= 11 is 8.85. The van der Waals surface area contributed by atoms with Gasteiger partial charge in [-0.25, -0.2) is 4.79 Å². The van der Waals surface area contributed by atoms with Crippen molar-refractivity contribution in [2.45, 2.75) is 6.54 Å². The fourth-order valence-electron chi connectivity index (χ4n) is 3.02. The molecule has 2 amide bonds. The van der Waals surface area contributed by atoms with Gasteiger partial charge in [0.05, 0.1) is 17.0 Å². The van der Waals surface area contributed by atoms with Crippen molar-refractivity contribution < 1.29 is 19.1 Å². The molecule has 160 valence electrons. The summed E-state index contributed by atoms with van der Waals surface area (Å²) in [7, 11) is 0. The van der Waals surface area contributed by atoms with E-state index < -0.39 is 5.97 Å². The quantitative estimate of drug-likeness (QED) is 0.152. The minimum Gasteiger partial charge on any atom is -0.423 e. The third-order valence-corrected chi connectivity index (χ3v) is 6.69. The van der Waals surface area contributed by atoms with Gasteiger partial charge in [-0.3, -0.25) is 14.5 Å².